The number of rotatable bonds is 5. The quantitative estimate of drug-likeness (QED) is 0.244. The van der Waals surface area contributed by atoms with Gasteiger partial charge in [0.05, 0.1) is 34.7 Å². The molecule has 0 aliphatic rings. The molecule has 0 aliphatic heterocycles. The molecular weight excluding hydrogens is 515 g/mol. The minimum atomic E-state index is -0.166. The fraction of sp³-hybridized carbons (Fsp3) is 0.0645. The lowest BCUT2D eigenvalue weighted by molar-refractivity contribution is 0.282. The number of fused-ring (bicyclic) bond motifs is 1. The van der Waals surface area contributed by atoms with Gasteiger partial charge < -0.3 is 5.11 Å². The highest BCUT2D eigenvalue weighted by Crippen LogP contribution is 2.42. The molecule has 0 fully saturated rings. The molecular formula is C31H22Cl2N4O. The van der Waals surface area contributed by atoms with Crippen molar-refractivity contribution >= 4 is 34.1 Å². The molecule has 0 bridgehead atoms. The smallest absolute Gasteiger partial charge is 0.0834 e. The van der Waals surface area contributed by atoms with Gasteiger partial charge in [0.1, 0.15) is 0 Å². The van der Waals surface area contributed by atoms with E-state index in [4.69, 9.17) is 28.2 Å². The van der Waals surface area contributed by atoms with E-state index >= 15 is 0 Å². The van der Waals surface area contributed by atoms with Crippen LogP contribution >= 0.6 is 23.2 Å². The minimum absolute atomic E-state index is 0.166. The summed E-state index contributed by atoms with van der Waals surface area (Å²) in [5, 5.41) is 16.8. The first-order valence-corrected chi connectivity index (χ1v) is 12.8. The van der Waals surface area contributed by atoms with E-state index in [0.29, 0.717) is 15.7 Å². The lowest BCUT2D eigenvalue weighted by Crippen LogP contribution is -1.98. The van der Waals surface area contributed by atoms with Gasteiger partial charge >= 0.3 is 0 Å². The van der Waals surface area contributed by atoms with E-state index in [9.17, 15) is 5.11 Å². The number of halogens is 2. The summed E-state index contributed by atoms with van der Waals surface area (Å²) < 4.78 is 1.76. The normalized spacial score (nSPS) is 11.3. The highest BCUT2D eigenvalue weighted by molar-refractivity contribution is 6.39. The number of aromatic nitrogens is 4. The molecule has 0 unspecified atom stereocenters. The summed E-state index contributed by atoms with van der Waals surface area (Å²) in [5.74, 6) is 0. The summed E-state index contributed by atoms with van der Waals surface area (Å²) in [6.45, 7) is -0.166. The monoisotopic (exact) mass is 536 g/mol. The second kappa shape index (κ2) is 10.0. The summed E-state index contributed by atoms with van der Waals surface area (Å²) in [7, 11) is 1.88. The molecule has 0 aliphatic carbocycles. The maximum absolute atomic E-state index is 10.4. The van der Waals surface area contributed by atoms with E-state index in [-0.39, 0.29) is 6.61 Å². The van der Waals surface area contributed by atoms with E-state index in [2.05, 4.69) is 10.1 Å². The van der Waals surface area contributed by atoms with Gasteiger partial charge in [0.2, 0.25) is 0 Å². The standard InChI is InChI=1S/C31H22Cl2N4O/c1-37-17-22(16-35-37)31-28(19-5-3-2-4-6-19)29(33)25-15-21(9-12-27(25)36-31)24-13-14-34-30(26(24)18-38)20-7-10-23(32)11-8-20/h2-17,38H,18H2,1H3. The highest BCUT2D eigenvalue weighted by atomic mass is 35.5. The number of pyridine rings is 2. The lowest BCUT2D eigenvalue weighted by Gasteiger charge is -2.16. The van der Waals surface area contributed by atoms with Crippen LogP contribution in [0.4, 0.5) is 0 Å². The molecule has 6 rings (SSSR count). The minimum Gasteiger partial charge on any atom is -0.392 e. The largest absolute Gasteiger partial charge is 0.392 e. The van der Waals surface area contributed by atoms with Crippen molar-refractivity contribution in [2.75, 3.05) is 0 Å². The first-order valence-electron chi connectivity index (χ1n) is 12.1. The van der Waals surface area contributed by atoms with Crippen LogP contribution in [0.3, 0.4) is 0 Å². The molecule has 0 saturated carbocycles. The Balaban J connectivity index is 1.57. The molecule has 5 nitrogen and oxygen atoms in total. The van der Waals surface area contributed by atoms with Crippen molar-refractivity contribution in [2.24, 2.45) is 7.05 Å². The average molecular weight is 537 g/mol. The Morgan fingerprint density at radius 3 is 2.29 bits per heavy atom. The van der Waals surface area contributed by atoms with Crippen molar-refractivity contribution in [1.29, 1.82) is 0 Å². The van der Waals surface area contributed by atoms with Crippen LogP contribution in [0.5, 0.6) is 0 Å². The molecule has 7 heteroatoms. The third kappa shape index (κ3) is 4.35. The molecule has 0 saturated heterocycles. The van der Waals surface area contributed by atoms with Gasteiger partial charge in [-0.15, -0.1) is 0 Å². The Kier molecular flexibility index (Phi) is 6.42. The number of aryl methyl sites for hydroxylation is 1. The molecule has 0 amide bonds. The van der Waals surface area contributed by atoms with Gasteiger partial charge in [0, 0.05) is 52.1 Å². The second-order valence-corrected chi connectivity index (χ2v) is 9.82. The second-order valence-electron chi connectivity index (χ2n) is 9.00. The third-order valence-corrected chi connectivity index (χ3v) is 7.25. The number of nitrogens with zero attached hydrogens (tertiary/aromatic N) is 4. The van der Waals surface area contributed by atoms with Crippen LogP contribution in [0.2, 0.25) is 10.0 Å². The van der Waals surface area contributed by atoms with Crippen LogP contribution in [0, 0.1) is 0 Å². The van der Waals surface area contributed by atoms with E-state index in [1.807, 2.05) is 92.1 Å². The maximum atomic E-state index is 10.4. The number of aliphatic hydroxyl groups is 1. The molecule has 3 heterocycles. The maximum Gasteiger partial charge on any atom is 0.0834 e. The molecule has 3 aromatic heterocycles. The molecule has 0 spiro atoms. The zero-order valence-corrected chi connectivity index (χ0v) is 21.9. The van der Waals surface area contributed by atoms with Crippen molar-refractivity contribution in [3.05, 3.63) is 113 Å². The Labute approximate surface area is 230 Å². The molecule has 0 radical (unpaired) electrons. The van der Waals surface area contributed by atoms with Crippen LogP contribution in [0.25, 0.3) is 55.7 Å². The fourth-order valence-corrected chi connectivity index (χ4v) is 5.27. The average Bonchev–Trinajstić information content (AvgIpc) is 3.39. The predicted octanol–water partition coefficient (Wildman–Crippen LogP) is 7.83. The summed E-state index contributed by atoms with van der Waals surface area (Å²) >= 11 is 13.3. The van der Waals surface area contributed by atoms with Gasteiger partial charge in [-0.1, -0.05) is 71.7 Å². The summed E-state index contributed by atoms with van der Waals surface area (Å²) in [5.41, 5.74) is 8.38. The Hall–Kier alpha value is -4.03. The van der Waals surface area contributed by atoms with Crippen LogP contribution in [-0.2, 0) is 13.7 Å². The van der Waals surface area contributed by atoms with Gasteiger partial charge in [0.25, 0.3) is 0 Å². The summed E-state index contributed by atoms with van der Waals surface area (Å²) in [6, 6.07) is 25.4. The Bertz CT molecular complexity index is 1780. The fourth-order valence-electron chi connectivity index (χ4n) is 4.79. The van der Waals surface area contributed by atoms with Crippen molar-refractivity contribution < 1.29 is 5.11 Å². The van der Waals surface area contributed by atoms with E-state index < -0.39 is 0 Å². The first kappa shape index (κ1) is 24.3. The zero-order chi connectivity index (χ0) is 26.2. The van der Waals surface area contributed by atoms with Gasteiger partial charge in [-0.2, -0.15) is 5.10 Å². The number of hydrogen-bond donors (Lipinski definition) is 1. The van der Waals surface area contributed by atoms with E-state index in [1.165, 1.54) is 0 Å². The highest BCUT2D eigenvalue weighted by Gasteiger charge is 2.20. The summed E-state index contributed by atoms with van der Waals surface area (Å²) in [6.07, 6.45) is 5.49. The number of benzene rings is 3. The van der Waals surface area contributed by atoms with Gasteiger partial charge in [-0.25, -0.2) is 4.98 Å². The first-order chi connectivity index (χ1) is 18.5. The van der Waals surface area contributed by atoms with Crippen LogP contribution in [0.1, 0.15) is 5.56 Å². The van der Waals surface area contributed by atoms with Crippen LogP contribution in [0.15, 0.2) is 97.5 Å². The van der Waals surface area contributed by atoms with Crippen LogP contribution < -0.4 is 0 Å². The van der Waals surface area contributed by atoms with Crippen molar-refractivity contribution in [3.63, 3.8) is 0 Å². The molecule has 38 heavy (non-hydrogen) atoms. The van der Waals surface area contributed by atoms with Crippen molar-refractivity contribution in [1.82, 2.24) is 19.7 Å². The SMILES string of the molecule is Cn1cc(-c2nc3ccc(-c4ccnc(-c5ccc(Cl)cc5)c4CO)cc3c(Cl)c2-c2ccccc2)cn1. The van der Waals surface area contributed by atoms with Gasteiger partial charge in [0.15, 0.2) is 0 Å². The third-order valence-electron chi connectivity index (χ3n) is 6.60. The summed E-state index contributed by atoms with van der Waals surface area (Å²) in [4.78, 5) is 9.60. The Morgan fingerprint density at radius 2 is 1.58 bits per heavy atom. The van der Waals surface area contributed by atoms with E-state index in [1.54, 1.807) is 17.1 Å². The molecule has 3 aromatic carbocycles. The molecule has 6 aromatic rings. The van der Waals surface area contributed by atoms with Crippen molar-refractivity contribution in [2.45, 2.75) is 6.61 Å². The number of aliphatic hydroxyl groups excluding tert-OH is 1. The van der Waals surface area contributed by atoms with Crippen molar-refractivity contribution in [3.8, 4) is 44.8 Å². The van der Waals surface area contributed by atoms with Gasteiger partial charge in [-0.3, -0.25) is 9.67 Å². The molecule has 0 atom stereocenters. The zero-order valence-electron chi connectivity index (χ0n) is 20.4. The van der Waals surface area contributed by atoms with Gasteiger partial charge in [-0.05, 0) is 47.0 Å². The topological polar surface area (TPSA) is 63.8 Å². The molecule has 186 valence electrons. The number of hydrogen-bond acceptors (Lipinski definition) is 4. The lowest BCUT2D eigenvalue weighted by atomic mass is 9.94. The van der Waals surface area contributed by atoms with Crippen LogP contribution in [-0.4, -0.2) is 24.9 Å². The predicted molar refractivity (Wildman–Crippen MR) is 154 cm³/mol. The van der Waals surface area contributed by atoms with E-state index in [0.717, 1.165) is 55.5 Å². The Morgan fingerprint density at radius 1 is 0.816 bits per heavy atom. The molecule has 1 N–H and O–H groups in total.